The number of aliphatic hydroxyl groups excluding tert-OH is 1. The van der Waals surface area contributed by atoms with Crippen molar-refractivity contribution in [2.75, 3.05) is 6.61 Å². The summed E-state index contributed by atoms with van der Waals surface area (Å²) in [6.45, 7) is 1.000. The van der Waals surface area contributed by atoms with Gasteiger partial charge in [0, 0.05) is 0 Å². The van der Waals surface area contributed by atoms with Crippen molar-refractivity contribution in [3.63, 3.8) is 0 Å². The minimum Gasteiger partial charge on any atom is -0.389 e. The fourth-order valence-corrected chi connectivity index (χ4v) is 0.745. The minimum atomic E-state index is -0.333. The summed E-state index contributed by atoms with van der Waals surface area (Å²) in [7, 11) is 0. The quantitative estimate of drug-likeness (QED) is 0.622. The molecule has 0 aliphatic carbocycles. The predicted molar refractivity (Wildman–Crippen MR) is 43.5 cm³/mol. The summed E-state index contributed by atoms with van der Waals surface area (Å²) in [6, 6.07) is 4.09. The predicted octanol–water partition coefficient (Wildman–Crippen LogP) is 1.05. The lowest BCUT2D eigenvalue weighted by Crippen LogP contribution is -1.93. The molecule has 0 atom stereocenters. The van der Waals surface area contributed by atoms with Gasteiger partial charge in [-0.25, -0.2) is 0 Å². The fourth-order valence-electron chi connectivity index (χ4n) is 0.248. The molecule has 0 aromatic carbocycles. The highest BCUT2D eigenvalue weighted by Crippen LogP contribution is 1.91. The highest BCUT2D eigenvalue weighted by Gasteiger charge is 1.78. The van der Waals surface area contributed by atoms with Crippen molar-refractivity contribution in [2.45, 2.75) is 6.92 Å². The molecule has 0 unspecified atom stereocenters. The summed E-state index contributed by atoms with van der Waals surface area (Å²) in [5, 5.41) is 12.0. The van der Waals surface area contributed by atoms with Crippen molar-refractivity contribution in [3.8, 4) is 0 Å². The average molecular weight is 159 g/mol. The normalized spacial score (nSPS) is 7.80. The van der Waals surface area contributed by atoms with E-state index in [2.05, 4.69) is 10.8 Å². The van der Waals surface area contributed by atoms with E-state index in [9.17, 15) is 4.79 Å². The minimum absolute atomic E-state index is 0.190. The first-order valence-electron chi connectivity index (χ1n) is 2.89. The average Bonchev–Trinajstić information content (AvgIpc) is 2.43. The van der Waals surface area contributed by atoms with Crippen LogP contribution in [0.15, 0.2) is 22.9 Å². The van der Waals surface area contributed by atoms with Crippen LogP contribution in [0.2, 0.25) is 0 Å². The number of hydrogen-bond donors (Lipinski definition) is 1. The molecule has 1 aromatic rings. The second kappa shape index (κ2) is 6.45. The number of Topliss-reactive ketones (excluding diaryl/α,β-unsaturated/α-hetero) is 1. The van der Waals surface area contributed by atoms with Crippen LogP contribution in [-0.2, 0) is 4.79 Å². The molecule has 0 saturated heterocycles. The fraction of sp³-hybridized carbons (Fsp3) is 0.286. The zero-order valence-corrected chi connectivity index (χ0v) is 6.71. The third-order valence-corrected chi connectivity index (χ3v) is 1.37. The molecule has 3 heteroatoms. The Balaban J connectivity index is 0.000000162. The number of hydrogen-bond acceptors (Lipinski definition) is 2. The van der Waals surface area contributed by atoms with Gasteiger partial charge >= 0.3 is 0 Å². The molecule has 1 N–H and O–H groups in total. The summed E-state index contributed by atoms with van der Waals surface area (Å²) >= 11 is 1.33. The highest BCUT2D eigenvalue weighted by molar-refractivity contribution is 7.07. The maximum atomic E-state index is 9.56. The van der Waals surface area contributed by atoms with E-state index in [1.807, 2.05) is 12.1 Å². The van der Waals surface area contributed by atoms with Crippen LogP contribution < -0.4 is 0 Å². The van der Waals surface area contributed by atoms with Crippen LogP contribution in [0, 0.1) is 0 Å². The number of rotatable bonds is 1. The van der Waals surface area contributed by atoms with Gasteiger partial charge in [0.25, 0.3) is 0 Å². The number of aliphatic hydroxyl groups is 1. The van der Waals surface area contributed by atoms with E-state index >= 15 is 0 Å². The van der Waals surface area contributed by atoms with Crippen LogP contribution in [0.25, 0.3) is 0 Å². The molecule has 2 nitrogen and oxygen atoms in total. The van der Waals surface area contributed by atoms with Gasteiger partial charge in [-0.1, -0.05) is 0 Å². The Morgan fingerprint density at radius 3 is 2.00 bits per heavy atom. The van der Waals surface area contributed by atoms with Gasteiger partial charge in [0.15, 0.2) is 5.78 Å². The molecule has 1 aromatic heterocycles. The second-order valence-corrected chi connectivity index (χ2v) is 2.59. The molecular weight excluding hydrogens is 148 g/mol. The van der Waals surface area contributed by atoms with E-state index in [0.29, 0.717) is 0 Å². The topological polar surface area (TPSA) is 37.3 Å². The van der Waals surface area contributed by atoms with Gasteiger partial charge < -0.3 is 5.11 Å². The van der Waals surface area contributed by atoms with E-state index < -0.39 is 0 Å². The zero-order valence-electron chi connectivity index (χ0n) is 5.82. The van der Waals surface area contributed by atoms with E-state index in [1.165, 1.54) is 18.3 Å². The summed E-state index contributed by atoms with van der Waals surface area (Å²) in [5.74, 6) is -0.190. The molecule has 0 spiro atoms. The van der Waals surface area contributed by atoms with E-state index in [4.69, 9.17) is 5.11 Å². The van der Waals surface area contributed by atoms with Crippen molar-refractivity contribution in [2.24, 2.45) is 0 Å². The SMILES string of the molecule is CC(=O)CO.c1cc[sH+]c1. The first-order valence-corrected chi connectivity index (χ1v) is 3.92. The molecule has 1 heterocycles. The Labute approximate surface area is 64.1 Å². The monoisotopic (exact) mass is 159 g/mol. The van der Waals surface area contributed by atoms with Crippen molar-refractivity contribution in [1.29, 1.82) is 0 Å². The lowest BCUT2D eigenvalue weighted by atomic mass is 10.5. The van der Waals surface area contributed by atoms with Crippen molar-refractivity contribution < 1.29 is 9.90 Å². The number of carbonyl (C=O) groups excluding carboxylic acids is 1. The summed E-state index contributed by atoms with van der Waals surface area (Å²) in [6.07, 6.45) is 0. The van der Waals surface area contributed by atoms with Crippen LogP contribution in [0.1, 0.15) is 6.92 Å². The van der Waals surface area contributed by atoms with Crippen LogP contribution >= 0.6 is 11.3 Å². The molecule has 0 fully saturated rings. The van der Waals surface area contributed by atoms with Gasteiger partial charge in [0.2, 0.25) is 0 Å². The Kier molecular flexibility index (Phi) is 6.02. The largest absolute Gasteiger partial charge is 0.389 e. The molecule has 0 amide bonds. The highest BCUT2D eigenvalue weighted by atomic mass is 32.1. The molecule has 0 bridgehead atoms. The summed E-state index contributed by atoms with van der Waals surface area (Å²) in [4.78, 5) is 9.56. The number of carbonyl (C=O) groups is 1. The van der Waals surface area contributed by atoms with Gasteiger partial charge in [-0.3, -0.25) is 4.79 Å². The molecule has 0 saturated carbocycles. The molecule has 0 aliphatic rings. The lowest BCUT2D eigenvalue weighted by Gasteiger charge is -1.72. The van der Waals surface area contributed by atoms with Gasteiger partial charge in [-0.15, -0.1) is 0 Å². The first kappa shape index (κ1) is 9.33. The molecule has 1 rings (SSSR count). The van der Waals surface area contributed by atoms with Crippen LogP contribution in [0.5, 0.6) is 0 Å². The van der Waals surface area contributed by atoms with Crippen LogP contribution in [0.4, 0.5) is 0 Å². The van der Waals surface area contributed by atoms with Crippen molar-refractivity contribution in [1.82, 2.24) is 0 Å². The lowest BCUT2D eigenvalue weighted by molar-refractivity contribution is -0.119. The Morgan fingerprint density at radius 2 is 1.90 bits per heavy atom. The van der Waals surface area contributed by atoms with Gasteiger partial charge in [0.05, 0.1) is 0 Å². The first-order chi connectivity index (χ1) is 4.77. The van der Waals surface area contributed by atoms with Crippen molar-refractivity contribution in [3.05, 3.63) is 22.9 Å². The zero-order chi connectivity index (χ0) is 7.82. The Morgan fingerprint density at radius 1 is 1.50 bits per heavy atom. The summed E-state index contributed by atoms with van der Waals surface area (Å²) < 4.78 is 0. The molecule has 10 heavy (non-hydrogen) atoms. The smallest absolute Gasteiger partial charge is 0.155 e. The third kappa shape index (κ3) is 7.33. The Bertz CT molecular complexity index is 141. The van der Waals surface area contributed by atoms with E-state index in [1.54, 1.807) is 0 Å². The van der Waals surface area contributed by atoms with Crippen LogP contribution in [-0.4, -0.2) is 17.5 Å². The van der Waals surface area contributed by atoms with E-state index in [-0.39, 0.29) is 12.4 Å². The molecule has 56 valence electrons. The maximum absolute atomic E-state index is 9.56. The van der Waals surface area contributed by atoms with E-state index in [0.717, 1.165) is 0 Å². The summed E-state index contributed by atoms with van der Waals surface area (Å²) in [5.41, 5.74) is 0. The van der Waals surface area contributed by atoms with Gasteiger partial charge in [-0.2, -0.15) is 0 Å². The molecular formula is C7H11O2S+. The molecule has 0 radical (unpaired) electrons. The number of ketones is 1. The second-order valence-electron chi connectivity index (χ2n) is 1.69. The Hall–Kier alpha value is -0.670. The van der Waals surface area contributed by atoms with Crippen LogP contribution in [0.3, 0.4) is 0 Å². The maximum Gasteiger partial charge on any atom is 0.155 e. The van der Waals surface area contributed by atoms with Gasteiger partial charge in [-0.05, 0) is 30.4 Å². The molecule has 0 aliphatic heterocycles. The van der Waals surface area contributed by atoms with Crippen molar-refractivity contribution >= 4 is 17.1 Å². The number of thiophene rings is 1. The third-order valence-electron chi connectivity index (χ3n) is 0.678. The standard InChI is InChI=1S/C4H4S.C3H6O2/c1-2-4-5-3-1;1-3(5)2-4/h1-4H;4H,2H2,1H3/p+1. The van der Waals surface area contributed by atoms with Gasteiger partial charge in [0.1, 0.15) is 17.4 Å².